The number of hydrogen-bond acceptors (Lipinski definition) is 0. The monoisotopic (exact) mass is 214 g/mol. The van der Waals surface area contributed by atoms with Gasteiger partial charge >= 0.3 is 0 Å². The number of halogens is 1. The van der Waals surface area contributed by atoms with Crippen LogP contribution in [0.4, 0.5) is 4.39 Å². The lowest BCUT2D eigenvalue weighted by Gasteiger charge is -2.03. The Morgan fingerprint density at radius 1 is 0.875 bits per heavy atom. The van der Waals surface area contributed by atoms with Gasteiger partial charge in [0, 0.05) is 0 Å². The lowest BCUT2D eigenvalue weighted by atomic mass is 10.0. The second-order valence-corrected chi connectivity index (χ2v) is 3.98. The summed E-state index contributed by atoms with van der Waals surface area (Å²) in [5.41, 5.74) is 3.58. The van der Waals surface area contributed by atoms with E-state index in [9.17, 15) is 4.39 Å². The summed E-state index contributed by atoms with van der Waals surface area (Å²) in [7, 11) is 0. The van der Waals surface area contributed by atoms with E-state index >= 15 is 0 Å². The highest BCUT2D eigenvalue weighted by atomic mass is 19.1. The Morgan fingerprint density at radius 2 is 1.56 bits per heavy atom. The summed E-state index contributed by atoms with van der Waals surface area (Å²) < 4.78 is 13.0. The molecule has 2 aromatic carbocycles. The zero-order valence-electron chi connectivity index (χ0n) is 9.41. The molecule has 0 unspecified atom stereocenters. The normalized spacial score (nSPS) is 10.4. The Labute approximate surface area is 95.7 Å². The van der Waals surface area contributed by atoms with Crippen LogP contribution in [0.1, 0.15) is 23.6 Å². The molecule has 0 aliphatic heterocycles. The SMILES string of the molecule is CCc1ccc(Cc2cccc(F)c2)cc1. The first kappa shape index (κ1) is 10.9. The second kappa shape index (κ2) is 4.93. The molecule has 0 saturated heterocycles. The molecule has 2 rings (SSSR count). The molecule has 0 aliphatic rings. The summed E-state index contributed by atoms with van der Waals surface area (Å²) in [5.74, 6) is -0.164. The minimum atomic E-state index is -0.164. The molecule has 0 fully saturated rings. The lowest BCUT2D eigenvalue weighted by Crippen LogP contribution is -1.89. The van der Waals surface area contributed by atoms with Gasteiger partial charge in [0.2, 0.25) is 0 Å². The number of aryl methyl sites for hydroxylation is 1. The highest BCUT2D eigenvalue weighted by Crippen LogP contribution is 2.12. The largest absolute Gasteiger partial charge is 0.207 e. The van der Waals surface area contributed by atoms with Crippen molar-refractivity contribution < 1.29 is 4.39 Å². The molecule has 0 spiro atoms. The first-order valence-corrected chi connectivity index (χ1v) is 5.60. The Balaban J connectivity index is 2.14. The van der Waals surface area contributed by atoms with E-state index in [1.807, 2.05) is 6.07 Å². The van der Waals surface area contributed by atoms with Gasteiger partial charge in [-0.2, -0.15) is 0 Å². The maximum Gasteiger partial charge on any atom is 0.123 e. The predicted octanol–water partition coefficient (Wildman–Crippen LogP) is 3.98. The van der Waals surface area contributed by atoms with Gasteiger partial charge in [-0.25, -0.2) is 4.39 Å². The van der Waals surface area contributed by atoms with Gasteiger partial charge in [-0.15, -0.1) is 0 Å². The molecule has 0 heterocycles. The van der Waals surface area contributed by atoms with E-state index in [1.54, 1.807) is 12.1 Å². The van der Waals surface area contributed by atoms with Crippen molar-refractivity contribution in [3.63, 3.8) is 0 Å². The van der Waals surface area contributed by atoms with Crippen molar-refractivity contribution in [2.24, 2.45) is 0 Å². The zero-order valence-corrected chi connectivity index (χ0v) is 9.41. The summed E-state index contributed by atoms with van der Waals surface area (Å²) in [4.78, 5) is 0. The maximum atomic E-state index is 13.0. The third-order valence-corrected chi connectivity index (χ3v) is 2.73. The van der Waals surface area contributed by atoms with Gasteiger partial charge in [0.05, 0.1) is 0 Å². The molecule has 0 amide bonds. The standard InChI is InChI=1S/C15H15F/c1-2-12-6-8-13(9-7-12)10-14-4-3-5-15(16)11-14/h3-9,11H,2,10H2,1H3. The molecule has 0 radical (unpaired) electrons. The number of hydrogen-bond donors (Lipinski definition) is 0. The van der Waals surface area contributed by atoms with Crippen molar-refractivity contribution in [3.05, 3.63) is 71.0 Å². The second-order valence-electron chi connectivity index (χ2n) is 3.98. The lowest BCUT2D eigenvalue weighted by molar-refractivity contribution is 0.626. The van der Waals surface area contributed by atoms with E-state index in [-0.39, 0.29) is 5.82 Å². The molecule has 0 aromatic heterocycles. The van der Waals surface area contributed by atoms with Crippen molar-refractivity contribution >= 4 is 0 Å². The molecule has 0 saturated carbocycles. The molecular formula is C15H15F. The van der Waals surface area contributed by atoms with Gasteiger partial charge in [0.25, 0.3) is 0 Å². The fourth-order valence-electron chi connectivity index (χ4n) is 1.78. The molecule has 0 aliphatic carbocycles. The average Bonchev–Trinajstić information content (AvgIpc) is 2.30. The minimum Gasteiger partial charge on any atom is -0.207 e. The Kier molecular flexibility index (Phi) is 3.35. The van der Waals surface area contributed by atoms with E-state index in [0.29, 0.717) is 0 Å². The van der Waals surface area contributed by atoms with Gasteiger partial charge in [0.1, 0.15) is 5.82 Å². The summed E-state index contributed by atoms with van der Waals surface area (Å²) in [6.45, 7) is 2.14. The van der Waals surface area contributed by atoms with Crippen LogP contribution in [0, 0.1) is 5.82 Å². The fraction of sp³-hybridized carbons (Fsp3) is 0.200. The first-order chi connectivity index (χ1) is 7.78. The Hall–Kier alpha value is -1.63. The quantitative estimate of drug-likeness (QED) is 0.725. The summed E-state index contributed by atoms with van der Waals surface area (Å²) >= 11 is 0. The average molecular weight is 214 g/mol. The highest BCUT2D eigenvalue weighted by Gasteiger charge is 1.98. The van der Waals surface area contributed by atoms with Crippen molar-refractivity contribution in [1.29, 1.82) is 0 Å². The molecule has 0 bridgehead atoms. The van der Waals surface area contributed by atoms with Crippen LogP contribution < -0.4 is 0 Å². The molecule has 0 N–H and O–H groups in total. The van der Waals surface area contributed by atoms with Crippen LogP contribution in [0.2, 0.25) is 0 Å². The van der Waals surface area contributed by atoms with Crippen molar-refractivity contribution in [2.45, 2.75) is 19.8 Å². The van der Waals surface area contributed by atoms with Crippen LogP contribution in [-0.2, 0) is 12.8 Å². The van der Waals surface area contributed by atoms with E-state index in [0.717, 1.165) is 18.4 Å². The molecule has 1 heteroatoms. The van der Waals surface area contributed by atoms with Crippen LogP contribution in [0.25, 0.3) is 0 Å². The zero-order chi connectivity index (χ0) is 11.4. The van der Waals surface area contributed by atoms with E-state index in [4.69, 9.17) is 0 Å². The van der Waals surface area contributed by atoms with Crippen molar-refractivity contribution in [2.75, 3.05) is 0 Å². The van der Waals surface area contributed by atoms with Crippen LogP contribution in [-0.4, -0.2) is 0 Å². The van der Waals surface area contributed by atoms with E-state index < -0.39 is 0 Å². The third kappa shape index (κ3) is 2.69. The van der Waals surface area contributed by atoms with E-state index in [1.165, 1.54) is 17.2 Å². The predicted molar refractivity (Wildman–Crippen MR) is 65.0 cm³/mol. The van der Waals surface area contributed by atoms with Crippen LogP contribution in [0.15, 0.2) is 48.5 Å². The van der Waals surface area contributed by atoms with E-state index in [2.05, 4.69) is 31.2 Å². The number of rotatable bonds is 3. The van der Waals surface area contributed by atoms with Crippen LogP contribution in [0.5, 0.6) is 0 Å². The summed E-state index contributed by atoms with van der Waals surface area (Å²) in [6, 6.07) is 15.3. The topological polar surface area (TPSA) is 0 Å². The van der Waals surface area contributed by atoms with Crippen molar-refractivity contribution in [1.82, 2.24) is 0 Å². The van der Waals surface area contributed by atoms with Gasteiger partial charge in [0.15, 0.2) is 0 Å². The van der Waals surface area contributed by atoms with Crippen LogP contribution in [0.3, 0.4) is 0 Å². The van der Waals surface area contributed by atoms with Gasteiger partial charge in [-0.3, -0.25) is 0 Å². The maximum absolute atomic E-state index is 13.0. The van der Waals surface area contributed by atoms with Crippen LogP contribution >= 0.6 is 0 Å². The molecule has 82 valence electrons. The minimum absolute atomic E-state index is 0.164. The number of benzene rings is 2. The first-order valence-electron chi connectivity index (χ1n) is 5.60. The third-order valence-electron chi connectivity index (χ3n) is 2.73. The fourth-order valence-corrected chi connectivity index (χ4v) is 1.78. The summed E-state index contributed by atoms with van der Waals surface area (Å²) in [6.07, 6.45) is 1.85. The van der Waals surface area contributed by atoms with Gasteiger partial charge < -0.3 is 0 Å². The van der Waals surface area contributed by atoms with Crippen molar-refractivity contribution in [3.8, 4) is 0 Å². The van der Waals surface area contributed by atoms with Gasteiger partial charge in [-0.05, 0) is 41.7 Å². The molecular weight excluding hydrogens is 199 g/mol. The molecule has 0 nitrogen and oxygen atoms in total. The Morgan fingerprint density at radius 3 is 2.19 bits per heavy atom. The molecule has 0 atom stereocenters. The summed E-state index contributed by atoms with van der Waals surface area (Å²) in [5, 5.41) is 0. The molecule has 16 heavy (non-hydrogen) atoms. The van der Waals surface area contributed by atoms with Gasteiger partial charge in [-0.1, -0.05) is 43.3 Å². The smallest absolute Gasteiger partial charge is 0.123 e. The highest BCUT2D eigenvalue weighted by molar-refractivity contribution is 5.28. The molecule has 2 aromatic rings. The Bertz CT molecular complexity index is 457.